The van der Waals surface area contributed by atoms with Gasteiger partial charge >= 0.3 is 0 Å². The predicted octanol–water partition coefficient (Wildman–Crippen LogP) is 4.05. The molecule has 6 nitrogen and oxygen atoms in total. The van der Waals surface area contributed by atoms with E-state index in [0.717, 1.165) is 33.8 Å². The number of methoxy groups -OCH3 is 2. The molecular formula is C28H22O6. The third-order valence-corrected chi connectivity index (χ3v) is 5.29. The Labute approximate surface area is 198 Å². The molecule has 0 aliphatic carbocycles. The first-order valence-corrected chi connectivity index (χ1v) is 10.8. The van der Waals surface area contributed by atoms with E-state index in [-0.39, 0.29) is 0 Å². The maximum Gasteiger partial charge on any atom is 0.162 e. The van der Waals surface area contributed by atoms with Crippen molar-refractivity contribution >= 4 is 0 Å². The Morgan fingerprint density at radius 1 is 0.529 bits per heavy atom. The van der Waals surface area contributed by atoms with E-state index in [1.807, 2.05) is 48.5 Å². The van der Waals surface area contributed by atoms with Gasteiger partial charge in [-0.3, -0.25) is 0 Å². The summed E-state index contributed by atoms with van der Waals surface area (Å²) in [6.07, 6.45) is 0. The van der Waals surface area contributed by atoms with Crippen LogP contribution in [0.2, 0.25) is 0 Å². The lowest BCUT2D eigenvalue weighted by Crippen LogP contribution is -2.15. The molecule has 0 saturated carbocycles. The third kappa shape index (κ3) is 4.53. The molecule has 2 aliphatic heterocycles. The Hall–Kier alpha value is -4.42. The largest absolute Gasteiger partial charge is 0.493 e. The van der Waals surface area contributed by atoms with Crippen molar-refractivity contribution in [3.8, 4) is 58.2 Å². The van der Waals surface area contributed by atoms with E-state index < -0.39 is 0 Å². The lowest BCUT2D eigenvalue weighted by Gasteiger charge is -2.18. The van der Waals surface area contributed by atoms with Gasteiger partial charge in [0.2, 0.25) is 0 Å². The number of fused-ring (bicyclic) bond motifs is 2. The molecule has 0 fully saturated rings. The minimum absolute atomic E-state index is 0.527. The number of benzene rings is 3. The minimum atomic E-state index is 0.527. The zero-order chi connectivity index (χ0) is 23.3. The molecule has 0 aromatic heterocycles. The summed E-state index contributed by atoms with van der Waals surface area (Å²) in [5, 5.41) is 0. The minimum Gasteiger partial charge on any atom is -0.493 e. The zero-order valence-corrected chi connectivity index (χ0v) is 18.9. The second kappa shape index (κ2) is 9.60. The second-order valence-electron chi connectivity index (χ2n) is 7.47. The van der Waals surface area contributed by atoms with Gasteiger partial charge in [-0.15, -0.1) is 0 Å². The molecular weight excluding hydrogens is 432 g/mol. The molecule has 3 aromatic rings. The summed E-state index contributed by atoms with van der Waals surface area (Å²) >= 11 is 0. The normalized spacial score (nSPS) is 13.0. The third-order valence-electron chi connectivity index (χ3n) is 5.29. The average molecular weight is 454 g/mol. The van der Waals surface area contributed by atoms with Gasteiger partial charge in [0.1, 0.15) is 26.4 Å². The summed E-state index contributed by atoms with van der Waals surface area (Å²) in [6.45, 7) is 2.16. The predicted molar refractivity (Wildman–Crippen MR) is 126 cm³/mol. The molecule has 2 heterocycles. The highest BCUT2D eigenvalue weighted by Crippen LogP contribution is 2.33. The van der Waals surface area contributed by atoms with Crippen molar-refractivity contribution in [2.75, 3.05) is 40.6 Å². The Balaban J connectivity index is 1.51. The summed E-state index contributed by atoms with van der Waals surface area (Å²) in [4.78, 5) is 0. The van der Waals surface area contributed by atoms with E-state index in [4.69, 9.17) is 28.4 Å². The number of hydrogen-bond donors (Lipinski definition) is 0. The van der Waals surface area contributed by atoms with Crippen molar-refractivity contribution in [2.24, 2.45) is 0 Å². The van der Waals surface area contributed by atoms with Gasteiger partial charge in [0.05, 0.1) is 14.2 Å². The molecule has 0 radical (unpaired) electrons. The molecule has 2 aliphatic rings. The van der Waals surface area contributed by atoms with Crippen molar-refractivity contribution in [2.45, 2.75) is 0 Å². The Morgan fingerprint density at radius 3 is 1.35 bits per heavy atom. The topological polar surface area (TPSA) is 55.4 Å². The molecule has 0 unspecified atom stereocenters. The van der Waals surface area contributed by atoms with E-state index >= 15 is 0 Å². The van der Waals surface area contributed by atoms with Crippen LogP contribution in [-0.2, 0) is 0 Å². The van der Waals surface area contributed by atoms with Gasteiger partial charge < -0.3 is 28.4 Å². The van der Waals surface area contributed by atoms with Crippen molar-refractivity contribution in [1.82, 2.24) is 0 Å². The van der Waals surface area contributed by atoms with Gasteiger partial charge in [0.15, 0.2) is 34.5 Å². The van der Waals surface area contributed by atoms with Crippen LogP contribution in [0.5, 0.6) is 34.5 Å². The summed E-state index contributed by atoms with van der Waals surface area (Å²) in [5.74, 6) is 16.8. The Morgan fingerprint density at radius 2 is 0.941 bits per heavy atom. The fraction of sp³-hybridized carbons (Fsp3) is 0.214. The van der Waals surface area contributed by atoms with Crippen LogP contribution in [0.3, 0.4) is 0 Å². The molecule has 34 heavy (non-hydrogen) atoms. The number of rotatable bonds is 2. The Bertz CT molecular complexity index is 1250. The summed E-state index contributed by atoms with van der Waals surface area (Å²) in [6, 6.07) is 15.0. The Kier molecular flexibility index (Phi) is 6.05. The van der Waals surface area contributed by atoms with Crippen LogP contribution in [0.4, 0.5) is 0 Å². The highest BCUT2D eigenvalue weighted by atomic mass is 16.6. The fourth-order valence-corrected chi connectivity index (χ4v) is 3.61. The summed E-state index contributed by atoms with van der Waals surface area (Å²) < 4.78 is 33.4. The maximum absolute atomic E-state index is 5.66. The van der Waals surface area contributed by atoms with Crippen molar-refractivity contribution in [3.63, 3.8) is 0 Å². The van der Waals surface area contributed by atoms with Crippen LogP contribution < -0.4 is 28.4 Å². The molecule has 0 bridgehead atoms. The average Bonchev–Trinajstić information content (AvgIpc) is 2.90. The van der Waals surface area contributed by atoms with Crippen LogP contribution in [0.1, 0.15) is 22.3 Å². The van der Waals surface area contributed by atoms with E-state index in [9.17, 15) is 0 Å². The van der Waals surface area contributed by atoms with Crippen molar-refractivity contribution < 1.29 is 28.4 Å². The second-order valence-corrected chi connectivity index (χ2v) is 7.47. The SMILES string of the molecule is COc1cc(C#Cc2ccc3c(c2)OCCO3)c(C#Cc2ccc3c(c2)OCCO3)cc1OC. The van der Waals surface area contributed by atoms with E-state index in [1.54, 1.807) is 14.2 Å². The van der Waals surface area contributed by atoms with Crippen LogP contribution in [0.25, 0.3) is 0 Å². The monoisotopic (exact) mass is 454 g/mol. The van der Waals surface area contributed by atoms with Crippen LogP contribution >= 0.6 is 0 Å². The number of hydrogen-bond acceptors (Lipinski definition) is 6. The van der Waals surface area contributed by atoms with E-state index in [0.29, 0.717) is 49.4 Å². The van der Waals surface area contributed by atoms with Crippen molar-refractivity contribution in [1.29, 1.82) is 0 Å². The molecule has 0 saturated heterocycles. The van der Waals surface area contributed by atoms with E-state index in [1.165, 1.54) is 0 Å². The van der Waals surface area contributed by atoms with E-state index in [2.05, 4.69) is 23.7 Å². The van der Waals surface area contributed by atoms with Crippen LogP contribution in [0, 0.1) is 23.7 Å². The van der Waals surface area contributed by atoms with Crippen LogP contribution in [-0.4, -0.2) is 40.6 Å². The quantitative estimate of drug-likeness (QED) is 0.545. The molecule has 170 valence electrons. The van der Waals surface area contributed by atoms with Gasteiger partial charge in [-0.05, 0) is 36.4 Å². The fourth-order valence-electron chi connectivity index (χ4n) is 3.61. The van der Waals surface area contributed by atoms with Crippen LogP contribution in [0.15, 0.2) is 48.5 Å². The van der Waals surface area contributed by atoms with Gasteiger partial charge in [-0.2, -0.15) is 0 Å². The first-order valence-electron chi connectivity index (χ1n) is 10.8. The lowest BCUT2D eigenvalue weighted by atomic mass is 10.0. The first-order chi connectivity index (χ1) is 16.7. The molecule has 3 aromatic carbocycles. The number of ether oxygens (including phenoxy) is 6. The van der Waals surface area contributed by atoms with Crippen molar-refractivity contribution in [3.05, 3.63) is 70.8 Å². The van der Waals surface area contributed by atoms with Gasteiger partial charge in [-0.1, -0.05) is 23.7 Å². The zero-order valence-electron chi connectivity index (χ0n) is 18.9. The van der Waals surface area contributed by atoms with Gasteiger partial charge in [0.25, 0.3) is 0 Å². The maximum atomic E-state index is 5.66. The first kappa shape index (κ1) is 21.4. The standard InChI is InChI=1S/C28H22O6/c1-29-25-17-21(7-3-19-5-9-23-27(15-19)33-13-11-31-23)22(18-26(25)30-2)8-4-20-6-10-24-28(16-20)34-14-12-32-24/h5-6,9-10,15-18H,11-14H2,1-2H3. The highest BCUT2D eigenvalue weighted by molar-refractivity contribution is 5.62. The molecule has 0 amide bonds. The summed E-state index contributed by atoms with van der Waals surface area (Å²) in [5.41, 5.74) is 3.06. The molecule has 6 heteroatoms. The molecule has 0 spiro atoms. The summed E-state index contributed by atoms with van der Waals surface area (Å²) in [7, 11) is 3.19. The molecule has 0 N–H and O–H groups in total. The lowest BCUT2D eigenvalue weighted by molar-refractivity contribution is 0.171. The van der Waals surface area contributed by atoms with Gasteiger partial charge in [-0.25, -0.2) is 0 Å². The highest BCUT2D eigenvalue weighted by Gasteiger charge is 2.13. The molecule has 5 rings (SSSR count). The molecule has 0 atom stereocenters. The smallest absolute Gasteiger partial charge is 0.162 e. The van der Waals surface area contributed by atoms with Gasteiger partial charge in [0, 0.05) is 34.4 Å².